The van der Waals surface area contributed by atoms with Gasteiger partial charge in [0.15, 0.2) is 0 Å². The van der Waals surface area contributed by atoms with E-state index in [9.17, 15) is 0 Å². The predicted molar refractivity (Wildman–Crippen MR) is 85.5 cm³/mol. The average molecular weight is 314 g/mol. The smallest absolute Gasteiger partial charge is 0.147 e. The summed E-state index contributed by atoms with van der Waals surface area (Å²) in [5, 5.41) is 4.44. The summed E-state index contributed by atoms with van der Waals surface area (Å²) < 4.78 is 7.88. The van der Waals surface area contributed by atoms with Crippen molar-refractivity contribution >= 4 is 5.82 Å². The molecule has 7 heteroatoms. The fourth-order valence-corrected chi connectivity index (χ4v) is 3.56. The Morgan fingerprint density at radius 2 is 2.17 bits per heavy atom. The molecule has 122 valence electrons. The molecule has 0 unspecified atom stereocenters. The molecule has 0 spiro atoms. The molecule has 0 saturated carbocycles. The largest absolute Gasteiger partial charge is 0.373 e. The van der Waals surface area contributed by atoms with E-state index in [0.717, 1.165) is 56.5 Å². The molecule has 0 N–H and O–H groups in total. The van der Waals surface area contributed by atoms with E-state index in [4.69, 9.17) is 4.74 Å². The Labute approximate surface area is 135 Å². The molecule has 23 heavy (non-hydrogen) atoms. The van der Waals surface area contributed by atoms with Gasteiger partial charge in [0.05, 0.1) is 19.3 Å². The molecule has 7 nitrogen and oxygen atoms in total. The van der Waals surface area contributed by atoms with Gasteiger partial charge in [-0.2, -0.15) is 5.10 Å². The third-order valence-electron chi connectivity index (χ3n) is 4.63. The van der Waals surface area contributed by atoms with Gasteiger partial charge in [-0.3, -0.25) is 0 Å². The van der Waals surface area contributed by atoms with Gasteiger partial charge in [0.25, 0.3) is 0 Å². The summed E-state index contributed by atoms with van der Waals surface area (Å²) in [6, 6.07) is 0. The lowest BCUT2D eigenvalue weighted by Gasteiger charge is -2.34. The highest BCUT2D eigenvalue weighted by molar-refractivity contribution is 5.50. The molecule has 1 aliphatic heterocycles. The van der Waals surface area contributed by atoms with E-state index in [1.165, 1.54) is 17.7 Å². The highest BCUT2D eigenvalue weighted by Gasteiger charge is 2.27. The molecule has 2 aromatic heterocycles. The van der Waals surface area contributed by atoms with Crippen molar-refractivity contribution in [1.82, 2.24) is 24.7 Å². The first kappa shape index (κ1) is 14.6. The van der Waals surface area contributed by atoms with E-state index >= 15 is 0 Å². The zero-order valence-electron chi connectivity index (χ0n) is 13.7. The number of ether oxygens (including phenoxy) is 1. The van der Waals surface area contributed by atoms with Gasteiger partial charge in [-0.25, -0.2) is 19.6 Å². The van der Waals surface area contributed by atoms with Crippen molar-refractivity contribution in [3.05, 3.63) is 29.2 Å². The van der Waals surface area contributed by atoms with Gasteiger partial charge >= 0.3 is 0 Å². The molecule has 3 heterocycles. The van der Waals surface area contributed by atoms with Crippen LogP contribution in [0.15, 0.2) is 6.33 Å². The van der Waals surface area contributed by atoms with Crippen molar-refractivity contribution in [3.8, 4) is 0 Å². The maximum Gasteiger partial charge on any atom is 0.147 e. The summed E-state index contributed by atoms with van der Waals surface area (Å²) in [5.41, 5.74) is 2.56. The average Bonchev–Trinajstić information content (AvgIpc) is 3.14. The van der Waals surface area contributed by atoms with Gasteiger partial charge in [-0.1, -0.05) is 0 Å². The maximum atomic E-state index is 5.94. The van der Waals surface area contributed by atoms with Gasteiger partial charge in [0.2, 0.25) is 0 Å². The van der Waals surface area contributed by atoms with Crippen LogP contribution in [0.5, 0.6) is 0 Å². The molecular weight excluding hydrogens is 292 g/mol. The van der Waals surface area contributed by atoms with E-state index in [1.54, 1.807) is 6.33 Å². The number of morpholine rings is 1. The first-order chi connectivity index (χ1) is 11.2. The molecule has 0 amide bonds. The number of rotatable bonds is 3. The van der Waals surface area contributed by atoms with Crippen molar-refractivity contribution < 1.29 is 4.74 Å². The van der Waals surface area contributed by atoms with Gasteiger partial charge < -0.3 is 9.64 Å². The monoisotopic (exact) mass is 314 g/mol. The fourth-order valence-electron chi connectivity index (χ4n) is 3.56. The lowest BCUT2D eigenvalue weighted by Crippen LogP contribution is -2.45. The van der Waals surface area contributed by atoms with Crippen molar-refractivity contribution in [3.63, 3.8) is 0 Å². The molecule has 2 aromatic rings. The molecule has 0 bridgehead atoms. The summed E-state index contributed by atoms with van der Waals surface area (Å²) >= 11 is 0. The second kappa shape index (κ2) is 5.88. The summed E-state index contributed by atoms with van der Waals surface area (Å²) in [4.78, 5) is 15.7. The zero-order chi connectivity index (χ0) is 15.8. The minimum absolute atomic E-state index is 0.107. The van der Waals surface area contributed by atoms with Gasteiger partial charge in [-0.05, 0) is 33.1 Å². The Morgan fingerprint density at radius 3 is 3.00 bits per heavy atom. The topological polar surface area (TPSA) is 69.0 Å². The predicted octanol–water partition coefficient (Wildman–Crippen LogP) is 1.08. The summed E-state index contributed by atoms with van der Waals surface area (Å²) in [7, 11) is 0. The van der Waals surface area contributed by atoms with Crippen LogP contribution in [-0.2, 0) is 24.1 Å². The summed E-state index contributed by atoms with van der Waals surface area (Å²) in [6.45, 7) is 7.07. The number of anilines is 1. The Bertz CT molecular complexity index is 713. The Kier molecular flexibility index (Phi) is 3.72. The fraction of sp³-hybridized carbons (Fsp3) is 0.625. The normalized spacial score (nSPS) is 20.8. The molecule has 1 atom stereocenters. The van der Waals surface area contributed by atoms with Crippen LogP contribution in [0.25, 0.3) is 0 Å². The highest BCUT2D eigenvalue weighted by Crippen LogP contribution is 2.28. The molecule has 2 aliphatic rings. The SMILES string of the molecule is Cc1nc(C)n(C[C@@H]2CN(c3ncnc4c3CCC4)CCO2)n1. The van der Waals surface area contributed by atoms with Crippen LogP contribution in [-0.4, -0.2) is 50.5 Å². The quantitative estimate of drug-likeness (QED) is 0.844. The van der Waals surface area contributed by atoms with Crippen LogP contribution in [0.4, 0.5) is 5.82 Å². The van der Waals surface area contributed by atoms with Crippen molar-refractivity contribution in [2.45, 2.75) is 45.8 Å². The third-order valence-corrected chi connectivity index (χ3v) is 4.63. The standard InChI is InChI=1S/C16H22N6O/c1-11-19-12(2)22(20-11)9-13-8-21(6-7-23-13)16-14-4-3-5-15(14)17-10-18-16/h10,13H,3-9H2,1-2H3/t13-/m0/s1. The molecular formula is C16H22N6O. The van der Waals surface area contributed by atoms with Crippen molar-refractivity contribution in [2.75, 3.05) is 24.6 Å². The van der Waals surface area contributed by atoms with Crippen LogP contribution in [0.1, 0.15) is 29.3 Å². The van der Waals surface area contributed by atoms with E-state index in [1.807, 2.05) is 18.5 Å². The third kappa shape index (κ3) is 2.81. The van der Waals surface area contributed by atoms with Crippen molar-refractivity contribution in [1.29, 1.82) is 0 Å². The second-order valence-electron chi connectivity index (χ2n) is 6.30. The second-order valence-corrected chi connectivity index (χ2v) is 6.30. The Hall–Kier alpha value is -2.02. The lowest BCUT2D eigenvalue weighted by molar-refractivity contribution is 0.0266. The minimum Gasteiger partial charge on any atom is -0.373 e. The minimum atomic E-state index is 0.107. The van der Waals surface area contributed by atoms with E-state index in [2.05, 4.69) is 25.0 Å². The first-order valence-electron chi connectivity index (χ1n) is 8.28. The summed E-state index contributed by atoms with van der Waals surface area (Å²) in [6.07, 6.45) is 5.17. The van der Waals surface area contributed by atoms with Crippen molar-refractivity contribution in [2.24, 2.45) is 0 Å². The van der Waals surface area contributed by atoms with E-state index in [0.29, 0.717) is 0 Å². The van der Waals surface area contributed by atoms with Crippen LogP contribution >= 0.6 is 0 Å². The number of aromatic nitrogens is 5. The van der Waals surface area contributed by atoms with E-state index < -0.39 is 0 Å². The van der Waals surface area contributed by atoms with Gasteiger partial charge in [0.1, 0.15) is 23.8 Å². The Balaban J connectivity index is 1.51. The Morgan fingerprint density at radius 1 is 1.26 bits per heavy atom. The number of hydrogen-bond acceptors (Lipinski definition) is 6. The summed E-state index contributed by atoms with van der Waals surface area (Å²) in [5.74, 6) is 2.85. The molecule has 4 rings (SSSR count). The molecule has 0 aromatic carbocycles. The van der Waals surface area contributed by atoms with Crippen LogP contribution in [0.3, 0.4) is 0 Å². The highest BCUT2D eigenvalue weighted by atomic mass is 16.5. The maximum absolute atomic E-state index is 5.94. The van der Waals surface area contributed by atoms with Crippen LogP contribution in [0, 0.1) is 13.8 Å². The van der Waals surface area contributed by atoms with Gasteiger partial charge in [0, 0.05) is 24.3 Å². The number of aryl methyl sites for hydroxylation is 3. The number of hydrogen-bond donors (Lipinski definition) is 0. The number of fused-ring (bicyclic) bond motifs is 1. The van der Waals surface area contributed by atoms with Crippen LogP contribution in [0.2, 0.25) is 0 Å². The molecule has 0 radical (unpaired) electrons. The molecule has 1 fully saturated rings. The molecule has 1 aliphatic carbocycles. The molecule has 1 saturated heterocycles. The lowest BCUT2D eigenvalue weighted by atomic mass is 10.2. The van der Waals surface area contributed by atoms with Crippen LogP contribution < -0.4 is 4.90 Å². The van der Waals surface area contributed by atoms with E-state index in [-0.39, 0.29) is 6.10 Å². The zero-order valence-corrected chi connectivity index (χ0v) is 13.7. The number of nitrogens with zero attached hydrogens (tertiary/aromatic N) is 6. The first-order valence-corrected chi connectivity index (χ1v) is 8.28. The van der Waals surface area contributed by atoms with Gasteiger partial charge in [-0.15, -0.1) is 0 Å².